The average molecular weight is 335 g/mol. The van der Waals surface area contributed by atoms with E-state index in [4.69, 9.17) is 0 Å². The van der Waals surface area contributed by atoms with Gasteiger partial charge in [0.25, 0.3) is 5.91 Å². The minimum Gasteiger partial charge on any atom is -0.336 e. The number of carbonyl (C=O) groups excluding carboxylic acids is 1. The van der Waals surface area contributed by atoms with E-state index in [9.17, 15) is 4.79 Å². The van der Waals surface area contributed by atoms with E-state index in [1.165, 1.54) is 5.56 Å². The lowest BCUT2D eigenvalue weighted by atomic mass is 10.1. The van der Waals surface area contributed by atoms with Gasteiger partial charge in [0.05, 0.1) is 5.56 Å². The Hall–Kier alpha value is -2.73. The van der Waals surface area contributed by atoms with E-state index in [-0.39, 0.29) is 5.91 Å². The summed E-state index contributed by atoms with van der Waals surface area (Å²) in [5.74, 6) is 0.919. The van der Waals surface area contributed by atoms with E-state index in [0.717, 1.165) is 44.8 Å². The van der Waals surface area contributed by atoms with Gasteiger partial charge in [-0.25, -0.2) is 0 Å². The van der Waals surface area contributed by atoms with Gasteiger partial charge in [0, 0.05) is 38.8 Å². The summed E-state index contributed by atoms with van der Waals surface area (Å²) in [5, 5.41) is 11.9. The van der Waals surface area contributed by atoms with Crippen molar-refractivity contribution in [3.63, 3.8) is 0 Å². The summed E-state index contributed by atoms with van der Waals surface area (Å²) < 4.78 is 1.94. The van der Waals surface area contributed by atoms with Gasteiger partial charge in [0.2, 0.25) is 0 Å². The zero-order valence-electron chi connectivity index (χ0n) is 14.1. The molecule has 2 aromatic heterocycles. The molecule has 0 bridgehead atoms. The van der Waals surface area contributed by atoms with Crippen LogP contribution < -0.4 is 5.32 Å². The lowest BCUT2D eigenvalue weighted by molar-refractivity contribution is 0.0737. The number of amides is 1. The molecule has 6 nitrogen and oxygen atoms in total. The number of hydrogen-bond donors (Lipinski definition) is 1. The number of nitrogens with zero attached hydrogens (tertiary/aromatic N) is 4. The number of carbonyl (C=O) groups is 1. The SMILES string of the molecule is O=C(c1cccn2c(CCc3ccccc3)nnc12)N1CCNCC1. The number of nitrogens with one attached hydrogen (secondary N) is 1. The molecule has 1 saturated heterocycles. The van der Waals surface area contributed by atoms with E-state index in [1.807, 2.05) is 45.8 Å². The number of piperazine rings is 1. The summed E-state index contributed by atoms with van der Waals surface area (Å²) in [4.78, 5) is 14.7. The van der Waals surface area contributed by atoms with Crippen molar-refractivity contribution in [3.8, 4) is 0 Å². The number of benzene rings is 1. The van der Waals surface area contributed by atoms with Crippen LogP contribution in [0.15, 0.2) is 48.7 Å². The van der Waals surface area contributed by atoms with Gasteiger partial charge in [-0.15, -0.1) is 10.2 Å². The molecule has 1 aliphatic rings. The molecule has 1 N–H and O–H groups in total. The molecule has 0 unspecified atom stereocenters. The van der Waals surface area contributed by atoms with Gasteiger partial charge >= 0.3 is 0 Å². The zero-order chi connectivity index (χ0) is 17.1. The summed E-state index contributed by atoms with van der Waals surface area (Å²) in [6, 6.07) is 14.1. The minimum absolute atomic E-state index is 0.0362. The quantitative estimate of drug-likeness (QED) is 0.786. The first-order valence-electron chi connectivity index (χ1n) is 8.69. The first-order valence-corrected chi connectivity index (χ1v) is 8.69. The second-order valence-corrected chi connectivity index (χ2v) is 6.26. The van der Waals surface area contributed by atoms with Crippen LogP contribution in [0, 0.1) is 0 Å². The van der Waals surface area contributed by atoms with Crippen LogP contribution in [0.25, 0.3) is 5.65 Å². The molecule has 0 atom stereocenters. The second kappa shape index (κ2) is 7.03. The fourth-order valence-electron chi connectivity index (χ4n) is 3.24. The van der Waals surface area contributed by atoms with Crippen molar-refractivity contribution in [3.05, 3.63) is 65.6 Å². The van der Waals surface area contributed by atoms with Gasteiger partial charge in [-0.05, 0) is 24.1 Å². The number of aromatic nitrogens is 3. The Morgan fingerprint density at radius 1 is 1.00 bits per heavy atom. The Morgan fingerprint density at radius 2 is 1.80 bits per heavy atom. The fourth-order valence-corrected chi connectivity index (χ4v) is 3.24. The summed E-state index contributed by atoms with van der Waals surface area (Å²) in [6.07, 6.45) is 3.62. The van der Waals surface area contributed by atoms with Crippen molar-refractivity contribution >= 4 is 11.6 Å². The monoisotopic (exact) mass is 335 g/mol. The lowest BCUT2D eigenvalue weighted by Crippen LogP contribution is -2.46. The van der Waals surface area contributed by atoms with Crippen LogP contribution in [0.3, 0.4) is 0 Å². The van der Waals surface area contributed by atoms with Gasteiger partial charge in [0.1, 0.15) is 5.82 Å². The summed E-state index contributed by atoms with van der Waals surface area (Å²) in [5.41, 5.74) is 2.55. The van der Waals surface area contributed by atoms with Crippen LogP contribution in [0.2, 0.25) is 0 Å². The second-order valence-electron chi connectivity index (χ2n) is 6.26. The Morgan fingerprint density at radius 3 is 2.60 bits per heavy atom. The highest BCUT2D eigenvalue weighted by Crippen LogP contribution is 2.15. The third-order valence-corrected chi connectivity index (χ3v) is 4.62. The molecule has 128 valence electrons. The first kappa shape index (κ1) is 15.8. The highest BCUT2D eigenvalue weighted by molar-refractivity contribution is 5.99. The maximum absolute atomic E-state index is 12.8. The third kappa shape index (κ3) is 3.25. The van der Waals surface area contributed by atoms with E-state index in [2.05, 4.69) is 27.6 Å². The fraction of sp³-hybridized carbons (Fsp3) is 0.316. The highest BCUT2D eigenvalue weighted by atomic mass is 16.2. The van der Waals surface area contributed by atoms with E-state index < -0.39 is 0 Å². The number of aryl methyl sites for hydroxylation is 2. The zero-order valence-corrected chi connectivity index (χ0v) is 14.1. The number of rotatable bonds is 4. The molecule has 6 heteroatoms. The van der Waals surface area contributed by atoms with Crippen molar-refractivity contribution in [1.82, 2.24) is 24.8 Å². The maximum Gasteiger partial charge on any atom is 0.257 e. The largest absolute Gasteiger partial charge is 0.336 e. The Balaban J connectivity index is 1.58. The smallest absolute Gasteiger partial charge is 0.257 e. The first-order chi connectivity index (χ1) is 12.3. The van der Waals surface area contributed by atoms with E-state index in [0.29, 0.717) is 11.2 Å². The van der Waals surface area contributed by atoms with E-state index in [1.54, 1.807) is 0 Å². The lowest BCUT2D eigenvalue weighted by Gasteiger charge is -2.27. The molecular weight excluding hydrogens is 314 g/mol. The molecule has 0 aliphatic carbocycles. The molecule has 3 aromatic rings. The van der Waals surface area contributed by atoms with Crippen molar-refractivity contribution in [2.45, 2.75) is 12.8 Å². The van der Waals surface area contributed by atoms with Crippen LogP contribution >= 0.6 is 0 Å². The van der Waals surface area contributed by atoms with Crippen LogP contribution in [-0.4, -0.2) is 51.6 Å². The Labute approximate surface area is 146 Å². The average Bonchev–Trinajstić information content (AvgIpc) is 3.10. The topological polar surface area (TPSA) is 62.5 Å². The molecule has 1 aromatic carbocycles. The predicted octanol–water partition coefficient (Wildman–Crippen LogP) is 1.56. The van der Waals surface area contributed by atoms with Gasteiger partial charge in [-0.2, -0.15) is 0 Å². The Kier molecular flexibility index (Phi) is 4.43. The summed E-state index contributed by atoms with van der Waals surface area (Å²) in [7, 11) is 0. The Bertz CT molecular complexity index is 868. The normalized spacial score (nSPS) is 14.8. The predicted molar refractivity (Wildman–Crippen MR) is 95.6 cm³/mol. The number of hydrogen-bond acceptors (Lipinski definition) is 4. The van der Waals surface area contributed by atoms with Gasteiger partial charge in [0.15, 0.2) is 5.65 Å². The van der Waals surface area contributed by atoms with Crippen LogP contribution in [0.4, 0.5) is 0 Å². The molecular formula is C19H21N5O. The van der Waals surface area contributed by atoms with Gasteiger partial charge in [-0.1, -0.05) is 30.3 Å². The molecule has 4 rings (SSSR count). The number of fused-ring (bicyclic) bond motifs is 1. The van der Waals surface area contributed by atoms with Crippen LogP contribution in [-0.2, 0) is 12.8 Å². The van der Waals surface area contributed by atoms with Crippen molar-refractivity contribution < 1.29 is 4.79 Å². The molecule has 3 heterocycles. The molecule has 1 fully saturated rings. The maximum atomic E-state index is 12.8. The molecule has 25 heavy (non-hydrogen) atoms. The van der Waals surface area contributed by atoms with Crippen molar-refractivity contribution in [1.29, 1.82) is 0 Å². The molecule has 1 aliphatic heterocycles. The van der Waals surface area contributed by atoms with Crippen molar-refractivity contribution in [2.75, 3.05) is 26.2 Å². The summed E-state index contributed by atoms with van der Waals surface area (Å²) in [6.45, 7) is 3.14. The molecule has 0 saturated carbocycles. The van der Waals surface area contributed by atoms with Crippen LogP contribution in [0.5, 0.6) is 0 Å². The molecule has 0 radical (unpaired) electrons. The minimum atomic E-state index is 0.0362. The highest BCUT2D eigenvalue weighted by Gasteiger charge is 2.21. The molecule has 0 spiro atoms. The van der Waals surface area contributed by atoms with Gasteiger partial charge in [-0.3, -0.25) is 9.20 Å². The number of pyridine rings is 1. The molecule has 1 amide bonds. The third-order valence-electron chi connectivity index (χ3n) is 4.62. The van der Waals surface area contributed by atoms with Crippen molar-refractivity contribution in [2.24, 2.45) is 0 Å². The van der Waals surface area contributed by atoms with E-state index >= 15 is 0 Å². The standard InChI is InChI=1S/C19H21N5O/c25-19(23-13-10-20-11-14-23)16-7-4-12-24-17(21-22-18(16)24)9-8-15-5-2-1-3-6-15/h1-7,12,20H,8-11,13-14H2. The van der Waals surface area contributed by atoms with Crippen LogP contribution in [0.1, 0.15) is 21.7 Å². The summed E-state index contributed by atoms with van der Waals surface area (Å²) >= 11 is 0. The van der Waals surface area contributed by atoms with Gasteiger partial charge < -0.3 is 10.2 Å².